The Hall–Kier alpha value is -2.49. The van der Waals surface area contributed by atoms with Crippen LogP contribution in [0.5, 0.6) is 0 Å². The average molecular weight is 431 g/mol. The monoisotopic (exact) mass is 431 g/mol. The minimum absolute atomic E-state index is 0.0322. The van der Waals surface area contributed by atoms with E-state index >= 15 is 0 Å². The number of allylic oxidation sites excluding steroid dienone is 1. The normalized spacial score (nSPS) is 16.9. The van der Waals surface area contributed by atoms with Gasteiger partial charge in [-0.1, -0.05) is 19.9 Å². The van der Waals surface area contributed by atoms with E-state index in [4.69, 9.17) is 4.74 Å². The summed E-state index contributed by atoms with van der Waals surface area (Å²) in [5.41, 5.74) is -0.896. The lowest BCUT2D eigenvalue weighted by Gasteiger charge is -2.23. The molecule has 0 spiro atoms. The molecule has 0 radical (unpaired) electrons. The summed E-state index contributed by atoms with van der Waals surface area (Å²) in [6, 6.07) is 1.76. The molecule has 0 aliphatic heterocycles. The topological polar surface area (TPSA) is 98.8 Å². The maximum Gasteiger partial charge on any atom is 0.334 e. The molecule has 0 amide bonds. The maximum absolute atomic E-state index is 14.4. The van der Waals surface area contributed by atoms with Crippen LogP contribution in [-0.4, -0.2) is 32.7 Å². The van der Waals surface area contributed by atoms with E-state index in [9.17, 15) is 26.8 Å². The van der Waals surface area contributed by atoms with Crippen molar-refractivity contribution < 1.29 is 36.3 Å². The summed E-state index contributed by atoms with van der Waals surface area (Å²) in [7, 11) is -3.20. The first-order valence-electron chi connectivity index (χ1n) is 9.01. The van der Waals surface area contributed by atoms with Crippen LogP contribution in [0.4, 0.5) is 14.5 Å². The number of carbonyl (C=O) groups is 2. The molecule has 160 valence electrons. The molecular formula is C19H23F2NO6S. The van der Waals surface area contributed by atoms with Crippen LogP contribution in [0, 0.1) is 17.6 Å². The van der Waals surface area contributed by atoms with Gasteiger partial charge in [0.15, 0.2) is 11.6 Å². The number of methoxy groups -OCH3 is 1. The maximum atomic E-state index is 14.4. The number of rotatable bonds is 7. The van der Waals surface area contributed by atoms with Crippen LogP contribution in [0.25, 0.3) is 0 Å². The van der Waals surface area contributed by atoms with E-state index in [-0.39, 0.29) is 24.2 Å². The molecule has 0 saturated carbocycles. The molecular weight excluding hydrogens is 408 g/mol. The molecule has 2 rings (SSSR count). The van der Waals surface area contributed by atoms with E-state index in [0.29, 0.717) is 12.8 Å². The van der Waals surface area contributed by atoms with Crippen LogP contribution in [-0.2, 0) is 35.7 Å². The van der Waals surface area contributed by atoms with E-state index in [2.05, 4.69) is 4.74 Å². The summed E-state index contributed by atoms with van der Waals surface area (Å²) in [4.78, 5) is 23.3. The first kappa shape index (κ1) is 22.8. The fourth-order valence-corrected chi connectivity index (χ4v) is 4.47. The highest BCUT2D eigenvalue weighted by atomic mass is 32.2. The third kappa shape index (κ3) is 5.53. The molecule has 0 heterocycles. The minimum Gasteiger partial charge on any atom is -0.466 e. The van der Waals surface area contributed by atoms with Crippen molar-refractivity contribution in [3.8, 4) is 0 Å². The van der Waals surface area contributed by atoms with Crippen LogP contribution in [0.1, 0.15) is 38.7 Å². The van der Waals surface area contributed by atoms with Crippen LogP contribution >= 0.6 is 0 Å². The van der Waals surface area contributed by atoms with E-state index in [1.54, 1.807) is 13.8 Å². The van der Waals surface area contributed by atoms with Crippen molar-refractivity contribution >= 4 is 27.6 Å². The van der Waals surface area contributed by atoms with Gasteiger partial charge < -0.3 is 9.47 Å². The van der Waals surface area contributed by atoms with E-state index in [0.717, 1.165) is 19.2 Å². The number of hydrogen-bond donors (Lipinski definition) is 1. The number of sulfonamides is 1. The highest BCUT2D eigenvalue weighted by Gasteiger charge is 2.36. The quantitative estimate of drug-likeness (QED) is 0.667. The van der Waals surface area contributed by atoms with Gasteiger partial charge in [0.05, 0.1) is 18.6 Å². The molecule has 1 atom stereocenters. The van der Waals surface area contributed by atoms with Crippen molar-refractivity contribution in [3.63, 3.8) is 0 Å². The van der Waals surface area contributed by atoms with E-state index in [1.807, 2.05) is 4.72 Å². The molecule has 7 nitrogen and oxygen atoms in total. The Kier molecular flexibility index (Phi) is 7.34. The molecule has 1 aromatic carbocycles. The summed E-state index contributed by atoms with van der Waals surface area (Å²) in [5.74, 6) is -4.06. The molecule has 1 aromatic rings. The number of anilines is 1. The Morgan fingerprint density at radius 2 is 1.86 bits per heavy atom. The molecule has 0 bridgehead atoms. The third-order valence-electron chi connectivity index (χ3n) is 4.38. The number of nitrogens with one attached hydrogen (secondary N) is 1. The lowest BCUT2D eigenvalue weighted by Crippen LogP contribution is -2.35. The van der Waals surface area contributed by atoms with Crippen LogP contribution < -0.4 is 4.72 Å². The zero-order valence-electron chi connectivity index (χ0n) is 16.3. The second-order valence-corrected chi connectivity index (χ2v) is 8.78. The third-order valence-corrected chi connectivity index (χ3v) is 6.10. The number of ether oxygens (including phenoxy) is 2. The van der Waals surface area contributed by atoms with Crippen molar-refractivity contribution in [1.82, 2.24) is 0 Å². The average Bonchev–Trinajstić information content (AvgIpc) is 2.68. The Morgan fingerprint density at radius 1 is 1.24 bits per heavy atom. The fraction of sp³-hybridized carbons (Fsp3) is 0.474. The Bertz CT molecular complexity index is 904. The second kappa shape index (κ2) is 9.34. The van der Waals surface area contributed by atoms with Gasteiger partial charge in [-0.05, 0) is 37.0 Å². The SMILES string of the molecule is COC(=O)C1=CCCCC1S(=O)(=O)Nc1c(F)cc(COC(=O)C(C)C)cc1F. The zero-order valence-corrected chi connectivity index (χ0v) is 17.1. The largest absolute Gasteiger partial charge is 0.466 e. The summed E-state index contributed by atoms with van der Waals surface area (Å²) in [6.45, 7) is 2.88. The van der Waals surface area contributed by atoms with Gasteiger partial charge >= 0.3 is 11.9 Å². The summed E-state index contributed by atoms with van der Waals surface area (Å²) in [6.07, 6.45) is 2.57. The minimum atomic E-state index is -4.32. The van der Waals surface area contributed by atoms with Gasteiger partial charge in [0, 0.05) is 0 Å². The van der Waals surface area contributed by atoms with Gasteiger partial charge in [-0.2, -0.15) is 0 Å². The number of benzene rings is 1. The van der Waals surface area contributed by atoms with Crippen LogP contribution in [0.15, 0.2) is 23.8 Å². The standard InChI is InChI=1S/C19H23F2NO6S/c1-11(2)18(23)28-10-12-8-14(20)17(15(21)9-12)22-29(25,26)16-7-5-4-6-13(16)19(24)27-3/h6,8-9,11,16,22H,4-5,7,10H2,1-3H3. The fourth-order valence-electron chi connectivity index (χ4n) is 2.84. The van der Waals surface area contributed by atoms with Gasteiger partial charge in [0.25, 0.3) is 0 Å². The van der Waals surface area contributed by atoms with Crippen molar-refractivity contribution in [2.24, 2.45) is 5.92 Å². The second-order valence-electron chi connectivity index (χ2n) is 6.91. The highest BCUT2D eigenvalue weighted by Crippen LogP contribution is 2.29. The van der Waals surface area contributed by atoms with Crippen LogP contribution in [0.2, 0.25) is 0 Å². The van der Waals surface area contributed by atoms with Crippen molar-refractivity contribution in [2.45, 2.75) is 45.0 Å². The smallest absolute Gasteiger partial charge is 0.334 e. The number of halogens is 2. The molecule has 1 N–H and O–H groups in total. The van der Waals surface area contributed by atoms with Gasteiger partial charge in [0.2, 0.25) is 10.0 Å². The van der Waals surface area contributed by atoms with Gasteiger partial charge in [0.1, 0.15) is 17.5 Å². The number of hydrogen-bond acceptors (Lipinski definition) is 6. The predicted octanol–water partition coefficient (Wildman–Crippen LogP) is 3.06. The van der Waals surface area contributed by atoms with Gasteiger partial charge in [-0.25, -0.2) is 22.0 Å². The molecule has 0 fully saturated rings. The van der Waals surface area contributed by atoms with Crippen molar-refractivity contribution in [2.75, 3.05) is 11.8 Å². The van der Waals surface area contributed by atoms with E-state index in [1.165, 1.54) is 6.08 Å². The highest BCUT2D eigenvalue weighted by molar-refractivity contribution is 7.93. The first-order chi connectivity index (χ1) is 13.6. The lowest BCUT2D eigenvalue weighted by molar-refractivity contribution is -0.148. The molecule has 1 aliphatic carbocycles. The summed E-state index contributed by atoms with van der Waals surface area (Å²) in [5, 5.41) is -1.28. The molecule has 0 saturated heterocycles. The van der Waals surface area contributed by atoms with E-state index < -0.39 is 50.5 Å². The summed E-state index contributed by atoms with van der Waals surface area (Å²) < 4.78 is 65.6. The van der Waals surface area contributed by atoms with Crippen molar-refractivity contribution in [3.05, 3.63) is 41.0 Å². The molecule has 1 aliphatic rings. The predicted molar refractivity (Wildman–Crippen MR) is 101 cm³/mol. The van der Waals surface area contributed by atoms with Crippen molar-refractivity contribution in [1.29, 1.82) is 0 Å². The Labute approximate surface area is 168 Å². The number of esters is 2. The number of carbonyl (C=O) groups excluding carboxylic acids is 2. The molecule has 29 heavy (non-hydrogen) atoms. The molecule has 1 unspecified atom stereocenters. The van der Waals surface area contributed by atoms with Gasteiger partial charge in [-0.3, -0.25) is 9.52 Å². The molecule has 10 heteroatoms. The van der Waals surface area contributed by atoms with Crippen LogP contribution in [0.3, 0.4) is 0 Å². The molecule has 0 aromatic heterocycles. The first-order valence-corrected chi connectivity index (χ1v) is 10.6. The lowest BCUT2D eigenvalue weighted by atomic mass is 9.99. The zero-order chi connectivity index (χ0) is 21.8. The summed E-state index contributed by atoms with van der Waals surface area (Å²) >= 11 is 0. The van der Waals surface area contributed by atoms with Gasteiger partial charge in [-0.15, -0.1) is 0 Å². The Balaban J connectivity index is 2.24. The Morgan fingerprint density at radius 3 is 2.41 bits per heavy atom.